The normalized spacial score (nSPS) is 31.1. The van der Waals surface area contributed by atoms with Crippen molar-refractivity contribution >= 4 is 25.9 Å². The van der Waals surface area contributed by atoms with Crippen LogP contribution >= 0.6 is 0 Å². The van der Waals surface area contributed by atoms with Crippen LogP contribution < -0.4 is 0 Å². The summed E-state index contributed by atoms with van der Waals surface area (Å²) in [5.41, 5.74) is -1.08. The van der Waals surface area contributed by atoms with Crippen LogP contribution in [-0.2, 0) is 23.5 Å². The smallest absolute Gasteiger partial charge is 0.306 e. The first-order valence-corrected chi connectivity index (χ1v) is 12.8. The lowest BCUT2D eigenvalue weighted by Gasteiger charge is -2.57. The maximum atomic E-state index is 13.5. The molecule has 0 saturated heterocycles. The molecule has 0 amide bonds. The molecule has 0 radical (unpaired) electrons. The van der Waals surface area contributed by atoms with Crippen LogP contribution in [0.1, 0.15) is 54.4 Å². The Bertz CT molecular complexity index is 770. The highest BCUT2D eigenvalue weighted by Gasteiger charge is 2.67. The van der Waals surface area contributed by atoms with Gasteiger partial charge in [-0.1, -0.05) is 32.4 Å². The number of hydrogen-bond donors (Lipinski definition) is 0. The summed E-state index contributed by atoms with van der Waals surface area (Å²) in [5.74, 6) is -1.13. The predicted molar refractivity (Wildman–Crippen MR) is 111 cm³/mol. The molecule has 6 heteroatoms. The first-order chi connectivity index (χ1) is 12.6. The van der Waals surface area contributed by atoms with Gasteiger partial charge in [-0.05, 0) is 50.6 Å². The fourth-order valence-electron chi connectivity index (χ4n) is 4.28. The van der Waals surface area contributed by atoms with Crippen molar-refractivity contribution in [1.29, 1.82) is 0 Å². The highest BCUT2D eigenvalue weighted by Crippen LogP contribution is 2.57. The fourth-order valence-corrected chi connectivity index (χ4v) is 5.86. The van der Waals surface area contributed by atoms with E-state index in [4.69, 9.17) is 9.16 Å². The lowest BCUT2D eigenvalue weighted by Crippen LogP contribution is -2.68. The second-order valence-electron chi connectivity index (χ2n) is 9.90. The number of fused-ring (bicyclic) bond motifs is 1. The maximum absolute atomic E-state index is 13.5. The number of ether oxygens (including phenoxy) is 1. The van der Waals surface area contributed by atoms with Gasteiger partial charge in [-0.3, -0.25) is 14.4 Å². The van der Waals surface area contributed by atoms with Gasteiger partial charge >= 0.3 is 5.97 Å². The van der Waals surface area contributed by atoms with Crippen molar-refractivity contribution in [2.75, 3.05) is 7.11 Å². The minimum absolute atomic E-state index is 0.0459. The molecular weight excluding hydrogens is 372 g/mol. The van der Waals surface area contributed by atoms with Crippen LogP contribution in [0.4, 0.5) is 0 Å². The van der Waals surface area contributed by atoms with Crippen LogP contribution in [0.3, 0.4) is 0 Å². The number of carbonyl (C=O) groups excluding carboxylic acids is 3. The van der Waals surface area contributed by atoms with Crippen LogP contribution in [0.15, 0.2) is 23.3 Å². The number of hydrogen-bond acceptors (Lipinski definition) is 5. The molecule has 2 rings (SSSR count). The van der Waals surface area contributed by atoms with Crippen LogP contribution in [0.2, 0.25) is 18.1 Å². The molecule has 0 saturated carbocycles. The van der Waals surface area contributed by atoms with Gasteiger partial charge in [0, 0.05) is 12.3 Å². The van der Waals surface area contributed by atoms with E-state index in [0.29, 0.717) is 12.0 Å². The molecule has 0 unspecified atom stereocenters. The van der Waals surface area contributed by atoms with E-state index < -0.39 is 31.2 Å². The first kappa shape index (κ1) is 22.8. The van der Waals surface area contributed by atoms with Gasteiger partial charge in [-0.15, -0.1) is 0 Å². The second kappa shape index (κ2) is 7.06. The molecule has 0 aromatic carbocycles. The van der Waals surface area contributed by atoms with Crippen molar-refractivity contribution in [3.63, 3.8) is 0 Å². The van der Waals surface area contributed by atoms with Crippen LogP contribution in [0.25, 0.3) is 0 Å². The Morgan fingerprint density at radius 3 is 2.32 bits per heavy atom. The van der Waals surface area contributed by atoms with E-state index in [1.165, 1.54) is 13.2 Å². The van der Waals surface area contributed by atoms with E-state index in [1.54, 1.807) is 13.8 Å². The molecule has 5 nitrogen and oxygen atoms in total. The third-order valence-electron chi connectivity index (χ3n) is 7.21. The number of Topliss-reactive ketones (excluding diaryl/α,β-unsaturated/α-hetero) is 1. The third-order valence-corrected chi connectivity index (χ3v) is 11.7. The molecule has 0 aromatic rings. The molecule has 0 heterocycles. The summed E-state index contributed by atoms with van der Waals surface area (Å²) in [6.07, 6.45) is 3.78. The molecule has 0 N–H and O–H groups in total. The Labute approximate surface area is 169 Å². The summed E-state index contributed by atoms with van der Waals surface area (Å²) in [6.45, 7) is 15.9. The number of rotatable bonds is 4. The van der Waals surface area contributed by atoms with E-state index in [2.05, 4.69) is 33.9 Å². The Morgan fingerprint density at radius 2 is 1.82 bits per heavy atom. The number of methoxy groups -OCH3 is 1. The maximum Gasteiger partial charge on any atom is 0.306 e. The van der Waals surface area contributed by atoms with Gasteiger partial charge in [0.2, 0.25) is 0 Å². The van der Waals surface area contributed by atoms with Crippen LogP contribution in [0, 0.1) is 11.3 Å². The third kappa shape index (κ3) is 3.24. The summed E-state index contributed by atoms with van der Waals surface area (Å²) in [5, 5.41) is -0.129. The van der Waals surface area contributed by atoms with Gasteiger partial charge in [0.1, 0.15) is 5.60 Å². The molecule has 0 aromatic heterocycles. The van der Waals surface area contributed by atoms with Crippen molar-refractivity contribution in [3.8, 4) is 0 Å². The molecule has 0 fully saturated rings. The van der Waals surface area contributed by atoms with Gasteiger partial charge in [-0.2, -0.15) is 0 Å². The standard InChI is InChI=1S/C22H34O5Si/c1-14-10-11-22(27-28(8,9)20(3,4)5)17(23)12-15(2)19(25)21(22,6)16(14)13-18(24)26-7/h10,12,16H,11,13H2,1-9H3/t16-,21+,22+/m0/s1. The average molecular weight is 407 g/mol. The van der Waals surface area contributed by atoms with E-state index in [0.717, 1.165) is 5.57 Å². The zero-order valence-corrected chi connectivity index (χ0v) is 19.7. The van der Waals surface area contributed by atoms with Gasteiger partial charge < -0.3 is 9.16 Å². The molecule has 156 valence electrons. The topological polar surface area (TPSA) is 69.7 Å². The molecule has 3 atom stereocenters. The number of carbonyl (C=O) groups is 3. The molecule has 2 aliphatic rings. The Kier molecular flexibility index (Phi) is 5.74. The molecule has 0 spiro atoms. The highest BCUT2D eigenvalue weighted by molar-refractivity contribution is 6.74. The van der Waals surface area contributed by atoms with Crippen molar-refractivity contribution in [2.24, 2.45) is 11.3 Å². The lowest BCUT2D eigenvalue weighted by atomic mass is 9.52. The summed E-state index contributed by atoms with van der Waals surface area (Å²) in [6, 6.07) is 0. The number of esters is 1. The first-order valence-electron chi connectivity index (χ1n) is 9.85. The van der Waals surface area contributed by atoms with Crippen molar-refractivity contribution in [1.82, 2.24) is 0 Å². The molecular formula is C22H34O5Si. The monoisotopic (exact) mass is 406 g/mol. The van der Waals surface area contributed by atoms with Crippen molar-refractivity contribution < 1.29 is 23.5 Å². The SMILES string of the molecule is COC(=O)C[C@H]1C(C)=CC[C@@]2(O[Si](C)(C)C(C)(C)C)C(=O)C=C(C)C(=O)[C@@]12C. The molecule has 0 aliphatic heterocycles. The predicted octanol–water partition coefficient (Wildman–Crippen LogP) is 4.38. The minimum atomic E-state index is -2.40. The molecule has 0 bridgehead atoms. The quantitative estimate of drug-likeness (QED) is 0.394. The largest absolute Gasteiger partial charge is 0.469 e. The molecule has 2 aliphatic carbocycles. The molecule has 28 heavy (non-hydrogen) atoms. The van der Waals surface area contributed by atoms with E-state index in [1.807, 2.05) is 13.0 Å². The van der Waals surface area contributed by atoms with E-state index in [-0.39, 0.29) is 23.0 Å². The van der Waals surface area contributed by atoms with Gasteiger partial charge in [0.25, 0.3) is 0 Å². The van der Waals surface area contributed by atoms with Gasteiger partial charge in [0.15, 0.2) is 19.9 Å². The highest BCUT2D eigenvalue weighted by atomic mass is 28.4. The van der Waals surface area contributed by atoms with Crippen molar-refractivity contribution in [3.05, 3.63) is 23.3 Å². The summed E-state index contributed by atoms with van der Waals surface area (Å²) in [7, 11) is -1.06. The lowest BCUT2D eigenvalue weighted by molar-refractivity contribution is -0.166. The van der Waals surface area contributed by atoms with Crippen LogP contribution in [-0.4, -0.2) is 38.6 Å². The van der Waals surface area contributed by atoms with E-state index >= 15 is 0 Å². The van der Waals surface area contributed by atoms with Crippen LogP contribution in [0.5, 0.6) is 0 Å². The number of ketones is 2. The fraction of sp³-hybridized carbons (Fsp3) is 0.682. The Hall–Kier alpha value is -1.53. The van der Waals surface area contributed by atoms with Gasteiger partial charge in [-0.25, -0.2) is 0 Å². The van der Waals surface area contributed by atoms with Crippen molar-refractivity contribution in [2.45, 2.75) is 78.1 Å². The Morgan fingerprint density at radius 1 is 1.25 bits per heavy atom. The number of allylic oxidation sites excluding steroid dienone is 2. The Balaban J connectivity index is 2.74. The second-order valence-corrected chi connectivity index (χ2v) is 14.6. The minimum Gasteiger partial charge on any atom is -0.469 e. The summed E-state index contributed by atoms with van der Waals surface area (Å²) >= 11 is 0. The average Bonchev–Trinajstić information content (AvgIpc) is 2.57. The zero-order chi connectivity index (χ0) is 21.7. The summed E-state index contributed by atoms with van der Waals surface area (Å²) in [4.78, 5) is 39.1. The van der Waals surface area contributed by atoms with Gasteiger partial charge in [0.05, 0.1) is 18.9 Å². The van der Waals surface area contributed by atoms with E-state index in [9.17, 15) is 14.4 Å². The summed E-state index contributed by atoms with van der Waals surface area (Å²) < 4.78 is 11.7. The zero-order valence-electron chi connectivity index (χ0n) is 18.7.